The summed E-state index contributed by atoms with van der Waals surface area (Å²) in [6, 6.07) is 54.3. The first-order valence-electron chi connectivity index (χ1n) is 16.5. The van der Waals surface area contributed by atoms with E-state index in [4.69, 9.17) is 19.7 Å². The molecule has 49 heavy (non-hydrogen) atoms. The van der Waals surface area contributed by atoms with Gasteiger partial charge in [-0.15, -0.1) is 0 Å². The van der Waals surface area contributed by atoms with Crippen molar-refractivity contribution in [2.24, 2.45) is 0 Å². The predicted molar refractivity (Wildman–Crippen MR) is 200 cm³/mol. The van der Waals surface area contributed by atoms with Crippen LogP contribution >= 0.6 is 0 Å². The largest absolute Gasteiger partial charge is 0.464 e. The number of hydrogen-bond acceptors (Lipinski definition) is 5. The van der Waals surface area contributed by atoms with Gasteiger partial charge in [-0.25, -0.2) is 15.0 Å². The van der Waals surface area contributed by atoms with E-state index in [1.807, 2.05) is 42.5 Å². The molecule has 4 heterocycles. The molecule has 0 fully saturated rings. The fourth-order valence-electron chi connectivity index (χ4n) is 7.05. The molecule has 0 saturated carbocycles. The van der Waals surface area contributed by atoms with E-state index < -0.39 is 0 Å². The van der Waals surface area contributed by atoms with Gasteiger partial charge in [-0.3, -0.25) is 0 Å². The third kappa shape index (κ3) is 4.59. The molecule has 3 aromatic heterocycles. The summed E-state index contributed by atoms with van der Waals surface area (Å²) in [5.41, 5.74) is 10.8. The maximum absolute atomic E-state index is 6.40. The third-order valence-corrected chi connectivity index (χ3v) is 9.49. The van der Waals surface area contributed by atoms with E-state index in [0.717, 1.165) is 94.3 Å². The van der Waals surface area contributed by atoms with Crippen molar-refractivity contribution in [3.8, 4) is 39.5 Å². The minimum absolute atomic E-state index is 0.247. The lowest BCUT2D eigenvalue weighted by Crippen LogP contribution is -2.09. The number of fused-ring (bicyclic) bond motifs is 8. The Morgan fingerprint density at radius 1 is 0.469 bits per heavy atom. The Labute approximate surface area is 282 Å². The van der Waals surface area contributed by atoms with Gasteiger partial charge in [-0.05, 0) is 30.3 Å². The van der Waals surface area contributed by atoms with E-state index >= 15 is 0 Å². The van der Waals surface area contributed by atoms with Gasteiger partial charge in [0.1, 0.15) is 5.75 Å². The van der Waals surface area contributed by atoms with Crippen molar-refractivity contribution in [3.63, 3.8) is 0 Å². The topological polar surface area (TPSA) is 59.9 Å². The number of ether oxygens (including phenoxy) is 1. The number of nitrogens with zero attached hydrogens (tertiary/aromatic N) is 3. The van der Waals surface area contributed by atoms with Crippen LogP contribution in [0.5, 0.6) is 5.75 Å². The highest BCUT2D eigenvalue weighted by Crippen LogP contribution is 2.47. The van der Waals surface area contributed by atoms with E-state index in [0.29, 0.717) is 0 Å². The van der Waals surface area contributed by atoms with E-state index in [1.54, 1.807) is 0 Å². The van der Waals surface area contributed by atoms with Crippen molar-refractivity contribution in [2.75, 3.05) is 5.32 Å². The van der Waals surface area contributed by atoms with Crippen LogP contribution in [0.3, 0.4) is 0 Å². The van der Waals surface area contributed by atoms with Crippen molar-refractivity contribution in [1.82, 2.24) is 15.0 Å². The molecular weight excluding hydrogens is 601 g/mol. The van der Waals surface area contributed by atoms with Gasteiger partial charge in [0.2, 0.25) is 0 Å². The number of benzene rings is 6. The minimum Gasteiger partial charge on any atom is -0.464 e. The third-order valence-electron chi connectivity index (χ3n) is 9.49. The molecule has 0 radical (unpaired) electrons. The Bertz CT molecular complexity index is 2710. The molecule has 9 aromatic rings. The van der Waals surface area contributed by atoms with Crippen molar-refractivity contribution >= 4 is 49.2 Å². The van der Waals surface area contributed by atoms with Gasteiger partial charge >= 0.3 is 0 Å². The first kappa shape index (κ1) is 27.5. The average Bonchev–Trinajstić information content (AvgIpc) is 3.63. The summed E-state index contributed by atoms with van der Waals surface area (Å²) in [7, 11) is 0. The molecular formula is C44H28N4O. The second-order valence-corrected chi connectivity index (χ2v) is 12.4. The number of para-hydroxylation sites is 1. The number of hydrogen-bond donors (Lipinski definition) is 1. The molecule has 6 aromatic carbocycles. The summed E-state index contributed by atoms with van der Waals surface area (Å²) >= 11 is 0. The van der Waals surface area contributed by atoms with Crippen LogP contribution in [-0.2, 0) is 0 Å². The zero-order chi connectivity index (χ0) is 32.3. The van der Waals surface area contributed by atoms with E-state index in [1.165, 1.54) is 0 Å². The smallest absolute Gasteiger partial charge is 0.196 e. The number of rotatable bonds is 4. The van der Waals surface area contributed by atoms with Gasteiger partial charge in [0, 0.05) is 49.2 Å². The molecule has 0 amide bonds. The highest BCUT2D eigenvalue weighted by molar-refractivity contribution is 6.18. The standard InChI is InChI=1S/C44H28N4O/c1-3-9-27(10-4-1)35-24-21-30-19-20-31-22-25-36(46-42(31)41(30)45-35)28-15-17-29(18-16-28)40-34-23-26-38-43(39(34)33-13-7-8-14-37(33)47-40)48-44(49-38)32-11-5-2-6-12-32/h1-26,44,48H. The lowest BCUT2D eigenvalue weighted by atomic mass is 9.97. The number of pyridine rings is 3. The van der Waals surface area contributed by atoms with Crippen LogP contribution in [0.4, 0.5) is 5.69 Å². The average molecular weight is 629 g/mol. The molecule has 5 nitrogen and oxygen atoms in total. The molecule has 1 N–H and O–H groups in total. The SMILES string of the molecule is c1ccc(-c2ccc3ccc4ccc(-c5ccc(-c6nc7ccccc7c7c8c(ccc67)OC(c6ccccc6)N8)cc5)nc4c3n2)cc1. The van der Waals surface area contributed by atoms with Crippen LogP contribution in [0.15, 0.2) is 158 Å². The molecule has 0 saturated heterocycles. The zero-order valence-electron chi connectivity index (χ0n) is 26.3. The molecule has 0 bridgehead atoms. The van der Waals surface area contributed by atoms with Crippen LogP contribution in [0.25, 0.3) is 77.3 Å². The fraction of sp³-hybridized carbons (Fsp3) is 0.0227. The second-order valence-electron chi connectivity index (χ2n) is 12.4. The van der Waals surface area contributed by atoms with Crippen LogP contribution in [0.2, 0.25) is 0 Å². The molecule has 10 rings (SSSR count). The highest BCUT2D eigenvalue weighted by atomic mass is 16.5. The lowest BCUT2D eigenvalue weighted by Gasteiger charge is -2.13. The second kappa shape index (κ2) is 11.0. The van der Waals surface area contributed by atoms with Gasteiger partial charge in [-0.2, -0.15) is 0 Å². The van der Waals surface area contributed by atoms with Gasteiger partial charge in [-0.1, -0.05) is 127 Å². The molecule has 1 unspecified atom stereocenters. The Morgan fingerprint density at radius 3 is 1.78 bits per heavy atom. The maximum atomic E-state index is 6.40. The lowest BCUT2D eigenvalue weighted by molar-refractivity contribution is 0.260. The van der Waals surface area contributed by atoms with E-state index in [-0.39, 0.29) is 6.23 Å². The Hall–Kier alpha value is -6.59. The molecule has 0 spiro atoms. The van der Waals surface area contributed by atoms with Gasteiger partial charge in [0.05, 0.1) is 39.3 Å². The summed E-state index contributed by atoms with van der Waals surface area (Å²) in [6.45, 7) is 0. The molecule has 0 aliphatic carbocycles. The summed E-state index contributed by atoms with van der Waals surface area (Å²) in [6.07, 6.45) is -0.247. The van der Waals surface area contributed by atoms with Crippen LogP contribution < -0.4 is 10.1 Å². The highest BCUT2D eigenvalue weighted by Gasteiger charge is 2.27. The quantitative estimate of drug-likeness (QED) is 0.197. The van der Waals surface area contributed by atoms with Crippen molar-refractivity contribution in [2.45, 2.75) is 6.23 Å². The Balaban J connectivity index is 1.06. The Morgan fingerprint density at radius 2 is 1.06 bits per heavy atom. The maximum Gasteiger partial charge on any atom is 0.196 e. The first-order chi connectivity index (χ1) is 24.3. The number of anilines is 1. The van der Waals surface area contributed by atoms with Gasteiger partial charge < -0.3 is 10.1 Å². The minimum atomic E-state index is -0.247. The summed E-state index contributed by atoms with van der Waals surface area (Å²) in [5.74, 6) is 0.847. The predicted octanol–water partition coefficient (Wildman–Crippen LogP) is 11.0. The summed E-state index contributed by atoms with van der Waals surface area (Å²) < 4.78 is 6.40. The van der Waals surface area contributed by atoms with Crippen molar-refractivity contribution in [1.29, 1.82) is 0 Å². The van der Waals surface area contributed by atoms with E-state index in [2.05, 4.69) is 121 Å². The van der Waals surface area contributed by atoms with Gasteiger partial charge in [0.15, 0.2) is 6.23 Å². The van der Waals surface area contributed by atoms with Crippen LogP contribution in [0.1, 0.15) is 11.8 Å². The van der Waals surface area contributed by atoms with E-state index in [9.17, 15) is 0 Å². The summed E-state index contributed by atoms with van der Waals surface area (Å²) in [5, 5.41) is 9.10. The molecule has 1 aliphatic heterocycles. The molecule has 1 aliphatic rings. The van der Waals surface area contributed by atoms with Crippen molar-refractivity contribution in [3.05, 3.63) is 163 Å². The Kier molecular flexibility index (Phi) is 6.18. The number of aromatic nitrogens is 3. The van der Waals surface area contributed by atoms with Crippen molar-refractivity contribution < 1.29 is 4.74 Å². The van der Waals surface area contributed by atoms with Gasteiger partial charge in [0.25, 0.3) is 0 Å². The molecule has 5 heteroatoms. The monoisotopic (exact) mass is 628 g/mol. The zero-order valence-corrected chi connectivity index (χ0v) is 26.3. The summed E-state index contributed by atoms with van der Waals surface area (Å²) in [4.78, 5) is 15.4. The normalized spacial score (nSPS) is 13.8. The van der Waals surface area contributed by atoms with Crippen LogP contribution in [-0.4, -0.2) is 15.0 Å². The fourth-order valence-corrected chi connectivity index (χ4v) is 7.05. The first-order valence-corrected chi connectivity index (χ1v) is 16.5. The molecule has 1 atom stereocenters. The number of nitrogens with one attached hydrogen (secondary N) is 1. The molecule has 230 valence electrons. The van der Waals surface area contributed by atoms with Crippen LogP contribution in [0, 0.1) is 0 Å².